The highest BCUT2D eigenvalue weighted by Gasteiger charge is 2.63. The lowest BCUT2D eigenvalue weighted by Gasteiger charge is -2.60. The number of carbonyl (C=O) groups is 6. The van der Waals surface area contributed by atoms with Gasteiger partial charge in [-0.05, 0) is 177 Å². The monoisotopic (exact) mass is 1060 g/mol. The van der Waals surface area contributed by atoms with Crippen molar-refractivity contribution in [3.05, 3.63) is 24.3 Å². The van der Waals surface area contributed by atoms with Gasteiger partial charge in [0.05, 0.1) is 37.3 Å². The third-order valence-corrected chi connectivity index (χ3v) is 15.5. The fourth-order valence-electron chi connectivity index (χ4n) is 14.4. The summed E-state index contributed by atoms with van der Waals surface area (Å²) in [6, 6.07) is 0. The van der Waals surface area contributed by atoms with Gasteiger partial charge in [-0.2, -0.15) is 0 Å². The van der Waals surface area contributed by atoms with Crippen molar-refractivity contribution in [2.75, 3.05) is 19.8 Å². The summed E-state index contributed by atoms with van der Waals surface area (Å²) in [6.07, 6.45) is 7.88. The Morgan fingerprint density at radius 2 is 0.840 bits per heavy atom. The molecule has 2 aliphatic heterocycles. The van der Waals surface area contributed by atoms with Crippen molar-refractivity contribution in [2.45, 2.75) is 250 Å². The van der Waals surface area contributed by atoms with Crippen LogP contribution in [0.5, 0.6) is 0 Å². The topological polar surface area (TPSA) is 213 Å². The molecule has 0 radical (unpaired) electrons. The van der Waals surface area contributed by atoms with Gasteiger partial charge in [-0.3, -0.25) is 9.59 Å². The molecule has 8 bridgehead atoms. The molecule has 2 saturated heterocycles. The summed E-state index contributed by atoms with van der Waals surface area (Å²) < 4.78 is 69.0. The average molecular weight is 1060 g/mol. The van der Waals surface area contributed by atoms with Gasteiger partial charge in [-0.15, -0.1) is 0 Å². The van der Waals surface area contributed by atoms with Crippen molar-refractivity contribution in [1.29, 1.82) is 0 Å². The molecule has 10 fully saturated rings. The Hall–Kier alpha value is -4.26. The summed E-state index contributed by atoms with van der Waals surface area (Å²) >= 11 is 0. The molecule has 18 nitrogen and oxygen atoms in total. The maximum atomic E-state index is 12.9. The van der Waals surface area contributed by atoms with Crippen LogP contribution >= 0.6 is 0 Å². The summed E-state index contributed by atoms with van der Waals surface area (Å²) in [6.45, 7) is 28.9. The quantitative estimate of drug-likeness (QED) is 0.0847. The molecular weight excluding hydrogens is 973 g/mol. The van der Waals surface area contributed by atoms with E-state index in [9.17, 15) is 28.8 Å². The molecule has 8 aliphatic carbocycles. The number of esters is 4. The van der Waals surface area contributed by atoms with E-state index in [0.717, 1.165) is 64.2 Å². The van der Waals surface area contributed by atoms with Gasteiger partial charge in [0.1, 0.15) is 47.8 Å². The first-order valence-corrected chi connectivity index (χ1v) is 27.2. The Morgan fingerprint density at radius 1 is 0.480 bits per heavy atom. The Balaban J connectivity index is 0.000000219. The van der Waals surface area contributed by atoms with Gasteiger partial charge in [-0.25, -0.2) is 19.2 Å². The Labute approximate surface area is 443 Å². The highest BCUT2D eigenvalue weighted by molar-refractivity contribution is 5.87. The first kappa shape index (κ1) is 58.4. The fraction of sp³-hybridized carbons (Fsp3) is 0.825. The predicted molar refractivity (Wildman–Crippen MR) is 269 cm³/mol. The van der Waals surface area contributed by atoms with Crippen molar-refractivity contribution in [3.63, 3.8) is 0 Å². The van der Waals surface area contributed by atoms with Crippen LogP contribution in [0.1, 0.15) is 186 Å². The lowest BCUT2D eigenvalue weighted by Crippen LogP contribution is -2.61. The minimum Gasteiger partial charge on any atom is -0.460 e. The maximum Gasteiger partial charge on any atom is 0.508 e. The molecule has 0 spiro atoms. The van der Waals surface area contributed by atoms with Crippen LogP contribution in [0.4, 0.5) is 9.59 Å². The van der Waals surface area contributed by atoms with Gasteiger partial charge < -0.3 is 56.8 Å². The molecule has 75 heavy (non-hydrogen) atoms. The van der Waals surface area contributed by atoms with Crippen LogP contribution in [0, 0.1) is 29.1 Å². The van der Waals surface area contributed by atoms with Gasteiger partial charge in [0, 0.05) is 35.8 Å². The number of ether oxygens (including phenoxy) is 12. The minimum atomic E-state index is -0.942. The molecule has 0 aromatic heterocycles. The van der Waals surface area contributed by atoms with E-state index in [1.54, 1.807) is 41.5 Å². The van der Waals surface area contributed by atoms with E-state index in [1.807, 2.05) is 41.5 Å². The summed E-state index contributed by atoms with van der Waals surface area (Å²) in [5, 5.41) is 0. The van der Waals surface area contributed by atoms with E-state index >= 15 is 0 Å². The second-order valence-electron chi connectivity index (χ2n) is 26.6. The molecule has 0 amide bonds. The van der Waals surface area contributed by atoms with Crippen LogP contribution in [0.25, 0.3) is 0 Å². The SMILES string of the molecule is C=C(C)C(=O)OC12CC3CC(CC(COC(=O)OCC4CC(CC(=O)OC(C)(C)C)OC(C)(C)O4)(C3)C1)C2.C=C(C)C(=O)OC12CC3CC(CC(OC(=O)OCC4CC(CC(=O)OC(C)(C)C)OC(C)(C)O4)(C3)C1)C2. The maximum absolute atomic E-state index is 12.9. The Bertz CT molecular complexity index is 2150. The Morgan fingerprint density at radius 3 is 1.24 bits per heavy atom. The van der Waals surface area contributed by atoms with Gasteiger partial charge in [-0.1, -0.05) is 13.2 Å². The number of rotatable bonds is 15. The molecule has 0 N–H and O–H groups in total. The zero-order valence-electron chi connectivity index (χ0n) is 46.8. The number of hydrogen-bond donors (Lipinski definition) is 0. The highest BCUT2D eigenvalue weighted by Crippen LogP contribution is 2.63. The van der Waals surface area contributed by atoms with Gasteiger partial charge in [0.2, 0.25) is 0 Å². The lowest BCUT2D eigenvalue weighted by atomic mass is 9.48. The molecule has 18 heteroatoms. The van der Waals surface area contributed by atoms with Crippen LogP contribution in [0.3, 0.4) is 0 Å². The molecule has 2 heterocycles. The van der Waals surface area contributed by atoms with Gasteiger partial charge in [0.15, 0.2) is 11.6 Å². The second-order valence-corrected chi connectivity index (χ2v) is 26.6. The molecule has 10 rings (SSSR count). The summed E-state index contributed by atoms with van der Waals surface area (Å²) in [4.78, 5) is 74.7. The van der Waals surface area contributed by atoms with Crippen LogP contribution in [-0.2, 0) is 76.0 Å². The van der Waals surface area contributed by atoms with Crippen LogP contribution in [0.2, 0.25) is 0 Å². The van der Waals surface area contributed by atoms with Gasteiger partial charge in [0.25, 0.3) is 0 Å². The number of carbonyl (C=O) groups excluding carboxylic acids is 6. The van der Waals surface area contributed by atoms with Crippen molar-refractivity contribution in [1.82, 2.24) is 0 Å². The van der Waals surface area contributed by atoms with Crippen molar-refractivity contribution >= 4 is 36.2 Å². The largest absolute Gasteiger partial charge is 0.508 e. The zero-order valence-corrected chi connectivity index (χ0v) is 46.8. The summed E-state index contributed by atoms with van der Waals surface area (Å²) in [5.41, 5.74) is -2.37. The molecule has 8 atom stereocenters. The summed E-state index contributed by atoms with van der Waals surface area (Å²) in [5.74, 6) is -1.67. The van der Waals surface area contributed by atoms with Crippen LogP contribution < -0.4 is 0 Å². The lowest BCUT2D eigenvalue weighted by molar-refractivity contribution is -0.305. The second kappa shape index (κ2) is 21.9. The van der Waals surface area contributed by atoms with Crippen molar-refractivity contribution in [3.8, 4) is 0 Å². The molecule has 8 saturated carbocycles. The fourth-order valence-corrected chi connectivity index (χ4v) is 14.4. The first-order chi connectivity index (χ1) is 34.6. The van der Waals surface area contributed by atoms with E-state index in [4.69, 9.17) is 56.8 Å². The average Bonchev–Trinajstić information content (AvgIpc) is 3.20. The third kappa shape index (κ3) is 16.2. The van der Waals surface area contributed by atoms with Crippen molar-refractivity contribution < 1.29 is 85.6 Å². The molecule has 0 aromatic rings. The first-order valence-electron chi connectivity index (χ1n) is 27.2. The molecule has 10 aliphatic rings. The van der Waals surface area contributed by atoms with E-state index in [0.29, 0.717) is 60.5 Å². The van der Waals surface area contributed by atoms with E-state index in [2.05, 4.69) is 13.2 Å². The van der Waals surface area contributed by atoms with E-state index in [-0.39, 0.29) is 62.0 Å². The number of hydrogen-bond acceptors (Lipinski definition) is 18. The third-order valence-electron chi connectivity index (χ3n) is 15.5. The smallest absolute Gasteiger partial charge is 0.460 e. The van der Waals surface area contributed by atoms with Crippen LogP contribution in [0.15, 0.2) is 24.3 Å². The minimum absolute atomic E-state index is 0.00511. The van der Waals surface area contributed by atoms with E-state index in [1.165, 1.54) is 0 Å². The zero-order chi connectivity index (χ0) is 55.2. The standard InChI is InChI=1S/C29H44O9.C28H42O9/c1-18(2)24(31)38-29-13-19-8-20(14-29)12-28(11-19,16-29)17-34-25(32)33-15-22-9-21(35-27(6,7)36-22)10-23(30)37-26(3,4)5;1-17(2)23(30)36-27-11-18-8-19(12-27)14-28(13-18,16-27)37-24(31)32-15-21-9-20(33-26(6,7)34-21)10-22(29)35-25(3,4)5/h19-22H,1,8-17H2,2-7H3;18-21H,1,8-16H2,2-7H3. The molecule has 8 unspecified atom stereocenters. The van der Waals surface area contributed by atoms with Crippen LogP contribution in [-0.4, -0.2) is 120 Å². The summed E-state index contributed by atoms with van der Waals surface area (Å²) in [7, 11) is 0. The molecule has 422 valence electrons. The van der Waals surface area contributed by atoms with Crippen molar-refractivity contribution in [2.24, 2.45) is 29.1 Å². The normalized spacial score (nSPS) is 35.6. The molecule has 0 aromatic carbocycles. The molecular formula is C57H86O18. The van der Waals surface area contributed by atoms with Gasteiger partial charge >= 0.3 is 36.2 Å². The Kier molecular flexibility index (Phi) is 17.0. The van der Waals surface area contributed by atoms with E-state index < -0.39 is 76.3 Å². The predicted octanol–water partition coefficient (Wildman–Crippen LogP) is 10.2. The highest BCUT2D eigenvalue weighted by atomic mass is 16.8.